The van der Waals surface area contributed by atoms with Gasteiger partial charge in [0.15, 0.2) is 0 Å². The van der Waals surface area contributed by atoms with Crippen LogP contribution in [0.3, 0.4) is 0 Å². The molecule has 2 unspecified atom stereocenters. The smallest absolute Gasteiger partial charge is 0.0842 e. The molecule has 0 aromatic heterocycles. The van der Waals surface area contributed by atoms with E-state index >= 15 is 0 Å². The maximum atomic E-state index is 10.5. The minimum absolute atomic E-state index is 0.484. The van der Waals surface area contributed by atoms with Crippen molar-refractivity contribution >= 4 is 15.9 Å². The molecule has 0 radical (unpaired) electrons. The van der Waals surface area contributed by atoms with Crippen molar-refractivity contribution in [2.45, 2.75) is 39.2 Å². The Morgan fingerprint density at radius 1 is 1.29 bits per heavy atom. The van der Waals surface area contributed by atoms with E-state index in [1.54, 1.807) is 6.92 Å². The van der Waals surface area contributed by atoms with Gasteiger partial charge in [0.2, 0.25) is 0 Å². The van der Waals surface area contributed by atoms with Gasteiger partial charge in [-0.1, -0.05) is 35.0 Å². The topological polar surface area (TPSA) is 44.0 Å². The molecule has 0 aliphatic carbocycles. The molecule has 0 spiro atoms. The number of halogens is 1. The van der Waals surface area contributed by atoms with E-state index < -0.39 is 11.0 Å². The van der Waals surface area contributed by atoms with Gasteiger partial charge in [-0.15, -0.1) is 0 Å². The van der Waals surface area contributed by atoms with E-state index in [9.17, 15) is 10.4 Å². The van der Waals surface area contributed by atoms with Gasteiger partial charge in [0, 0.05) is 10.9 Å². The average molecular weight is 296 g/mol. The quantitative estimate of drug-likeness (QED) is 0.921. The Bertz CT molecular complexity index is 419. The van der Waals surface area contributed by atoms with Crippen LogP contribution in [0.1, 0.15) is 32.8 Å². The molecule has 2 atom stereocenters. The summed E-state index contributed by atoms with van der Waals surface area (Å²) in [6.45, 7) is 5.48. The summed E-state index contributed by atoms with van der Waals surface area (Å²) in [6.07, 6.45) is 1.12. The summed E-state index contributed by atoms with van der Waals surface area (Å²) in [6, 6.07) is 10.1. The van der Waals surface area contributed by atoms with Crippen molar-refractivity contribution in [3.63, 3.8) is 0 Å². The fourth-order valence-electron chi connectivity index (χ4n) is 1.78. The van der Waals surface area contributed by atoms with Crippen molar-refractivity contribution in [2.24, 2.45) is 5.41 Å². The predicted molar refractivity (Wildman–Crippen MR) is 72.5 cm³/mol. The lowest BCUT2D eigenvalue weighted by Crippen LogP contribution is -2.44. The second-order valence-electron chi connectivity index (χ2n) is 4.87. The van der Waals surface area contributed by atoms with E-state index in [2.05, 4.69) is 22.0 Å². The van der Waals surface area contributed by atoms with Crippen molar-refractivity contribution < 1.29 is 5.11 Å². The van der Waals surface area contributed by atoms with Crippen LogP contribution in [0.2, 0.25) is 0 Å². The average Bonchev–Trinajstić information content (AvgIpc) is 2.30. The lowest BCUT2D eigenvalue weighted by atomic mass is 9.71. The van der Waals surface area contributed by atoms with Crippen molar-refractivity contribution in [3.8, 4) is 6.07 Å². The van der Waals surface area contributed by atoms with Gasteiger partial charge in [-0.2, -0.15) is 5.26 Å². The Balaban J connectivity index is 2.93. The van der Waals surface area contributed by atoms with Crippen LogP contribution in [0.4, 0.5) is 0 Å². The first-order valence-electron chi connectivity index (χ1n) is 5.73. The number of nitriles is 1. The van der Waals surface area contributed by atoms with Crippen molar-refractivity contribution in [1.82, 2.24) is 0 Å². The molecule has 1 aromatic carbocycles. The molecule has 3 heteroatoms. The fraction of sp³-hybridized carbons (Fsp3) is 0.500. The van der Waals surface area contributed by atoms with Crippen molar-refractivity contribution in [2.75, 3.05) is 0 Å². The highest BCUT2D eigenvalue weighted by Crippen LogP contribution is 2.36. The predicted octanol–water partition coefficient (Wildman–Crippen LogP) is 3.68. The summed E-state index contributed by atoms with van der Waals surface area (Å²) < 4.78 is 1.01. The molecule has 2 nitrogen and oxygen atoms in total. The molecule has 17 heavy (non-hydrogen) atoms. The van der Waals surface area contributed by atoms with E-state index in [0.29, 0.717) is 12.8 Å². The first-order valence-corrected chi connectivity index (χ1v) is 6.52. The highest BCUT2D eigenvalue weighted by molar-refractivity contribution is 9.10. The lowest BCUT2D eigenvalue weighted by Gasteiger charge is -2.37. The van der Waals surface area contributed by atoms with Gasteiger partial charge >= 0.3 is 0 Å². The molecule has 0 aliphatic heterocycles. The summed E-state index contributed by atoms with van der Waals surface area (Å²) in [7, 11) is 0. The third kappa shape index (κ3) is 3.08. The molecular formula is C14H18BrNO. The molecule has 1 aromatic rings. The Morgan fingerprint density at radius 3 is 2.24 bits per heavy atom. The van der Waals surface area contributed by atoms with Crippen LogP contribution in [0, 0.1) is 16.7 Å². The van der Waals surface area contributed by atoms with E-state index in [-0.39, 0.29) is 0 Å². The molecule has 0 bridgehead atoms. The maximum absolute atomic E-state index is 10.5. The molecule has 0 fully saturated rings. The number of benzene rings is 1. The van der Waals surface area contributed by atoms with Crippen LogP contribution >= 0.6 is 15.9 Å². The Morgan fingerprint density at radius 2 is 1.82 bits per heavy atom. The van der Waals surface area contributed by atoms with Crippen molar-refractivity contribution in [3.05, 3.63) is 34.3 Å². The summed E-state index contributed by atoms with van der Waals surface area (Å²) in [5.41, 5.74) is -0.710. The minimum Gasteiger partial charge on any atom is -0.388 e. The van der Waals surface area contributed by atoms with Gasteiger partial charge < -0.3 is 5.11 Å². The highest BCUT2D eigenvalue weighted by Gasteiger charge is 2.42. The summed E-state index contributed by atoms with van der Waals surface area (Å²) >= 11 is 3.38. The second kappa shape index (κ2) is 5.20. The first kappa shape index (κ1) is 14.2. The van der Waals surface area contributed by atoms with Gasteiger partial charge in [-0.05, 0) is 38.0 Å². The molecular weight excluding hydrogens is 278 g/mol. The number of rotatable bonds is 4. The number of aliphatic hydroxyl groups is 1. The van der Waals surface area contributed by atoms with Gasteiger partial charge in [-0.25, -0.2) is 0 Å². The molecule has 92 valence electrons. The molecule has 0 heterocycles. The van der Waals surface area contributed by atoms with E-state index in [0.717, 1.165) is 10.0 Å². The second-order valence-corrected chi connectivity index (χ2v) is 5.79. The highest BCUT2D eigenvalue weighted by atomic mass is 79.9. The molecule has 0 saturated heterocycles. The third-order valence-electron chi connectivity index (χ3n) is 3.60. The van der Waals surface area contributed by atoms with Crippen LogP contribution in [0.15, 0.2) is 28.7 Å². The van der Waals surface area contributed by atoms with E-state index in [4.69, 9.17) is 0 Å². The summed E-state index contributed by atoms with van der Waals surface area (Å²) in [5, 5.41) is 19.7. The fourth-order valence-corrected chi connectivity index (χ4v) is 2.04. The molecule has 0 saturated carbocycles. The van der Waals surface area contributed by atoms with Crippen LogP contribution in [0.25, 0.3) is 0 Å². The summed E-state index contributed by atoms with van der Waals surface area (Å²) in [4.78, 5) is 0. The van der Waals surface area contributed by atoms with Gasteiger partial charge in [0.25, 0.3) is 0 Å². The molecule has 1 N–H and O–H groups in total. The molecule has 0 amide bonds. The van der Waals surface area contributed by atoms with Gasteiger partial charge in [-0.3, -0.25) is 0 Å². The SMILES string of the molecule is CCC(C)(C#N)C(C)(O)Cc1ccc(Br)cc1. The number of hydrogen-bond acceptors (Lipinski definition) is 2. The zero-order valence-electron chi connectivity index (χ0n) is 10.5. The zero-order valence-corrected chi connectivity index (χ0v) is 12.1. The largest absolute Gasteiger partial charge is 0.388 e. The lowest BCUT2D eigenvalue weighted by molar-refractivity contribution is -0.0317. The van der Waals surface area contributed by atoms with E-state index in [1.165, 1.54) is 0 Å². The third-order valence-corrected chi connectivity index (χ3v) is 4.13. The standard InChI is InChI=1S/C14H18BrNO/c1-4-13(2,10-16)14(3,17)9-11-5-7-12(15)8-6-11/h5-8,17H,4,9H2,1-3H3. The number of nitrogens with zero attached hydrogens (tertiary/aromatic N) is 1. The first-order chi connectivity index (χ1) is 7.84. The normalized spacial score (nSPS) is 17.9. The van der Waals surface area contributed by atoms with Crippen LogP contribution < -0.4 is 0 Å². The summed E-state index contributed by atoms with van der Waals surface area (Å²) in [5.74, 6) is 0. The van der Waals surface area contributed by atoms with Gasteiger partial charge in [0.05, 0.1) is 17.1 Å². The monoisotopic (exact) mass is 295 g/mol. The minimum atomic E-state index is -1.02. The van der Waals surface area contributed by atoms with Crippen molar-refractivity contribution in [1.29, 1.82) is 5.26 Å². The number of hydrogen-bond donors (Lipinski definition) is 1. The van der Waals surface area contributed by atoms with Gasteiger partial charge in [0.1, 0.15) is 0 Å². The zero-order chi connectivity index (χ0) is 13.1. The van der Waals surface area contributed by atoms with Crippen LogP contribution in [-0.4, -0.2) is 10.7 Å². The Labute approximate surface area is 111 Å². The Kier molecular flexibility index (Phi) is 4.35. The molecule has 0 aliphatic rings. The van der Waals surface area contributed by atoms with Crippen LogP contribution in [-0.2, 0) is 6.42 Å². The Hall–Kier alpha value is -0.850. The van der Waals surface area contributed by atoms with E-state index in [1.807, 2.05) is 38.1 Å². The van der Waals surface area contributed by atoms with Crippen LogP contribution in [0.5, 0.6) is 0 Å². The maximum Gasteiger partial charge on any atom is 0.0842 e. The molecule has 1 rings (SSSR count).